The van der Waals surface area contributed by atoms with E-state index < -0.39 is 5.56 Å². The first-order valence-corrected chi connectivity index (χ1v) is 12.7. The van der Waals surface area contributed by atoms with Crippen molar-refractivity contribution in [3.63, 3.8) is 0 Å². The molecule has 10 heteroatoms. The van der Waals surface area contributed by atoms with E-state index in [1.165, 1.54) is 10.8 Å². The van der Waals surface area contributed by atoms with Crippen molar-refractivity contribution in [2.45, 2.75) is 26.4 Å². The molecule has 2 aromatic carbocycles. The van der Waals surface area contributed by atoms with E-state index in [2.05, 4.69) is 10.1 Å². The van der Waals surface area contributed by atoms with E-state index in [9.17, 15) is 9.59 Å². The number of rotatable bonds is 5. The highest BCUT2D eigenvalue weighted by Crippen LogP contribution is 2.27. The molecule has 2 aromatic rings. The third-order valence-electron chi connectivity index (χ3n) is 6.10. The van der Waals surface area contributed by atoms with Crippen molar-refractivity contribution in [2.24, 2.45) is 0 Å². The molecular formula is C26H24ClN5O3S. The Hall–Kier alpha value is -3.69. The van der Waals surface area contributed by atoms with Crippen molar-refractivity contribution in [3.8, 4) is 10.9 Å². The van der Waals surface area contributed by atoms with Gasteiger partial charge in [0.05, 0.1) is 10.2 Å². The van der Waals surface area contributed by atoms with Crippen molar-refractivity contribution in [1.29, 1.82) is 5.41 Å². The summed E-state index contributed by atoms with van der Waals surface area (Å²) < 4.78 is 7.82. The molecule has 0 saturated carbocycles. The van der Waals surface area contributed by atoms with Gasteiger partial charge in [-0.05, 0) is 54.7 Å². The topological polar surface area (TPSA) is 104 Å². The molecule has 184 valence electrons. The molecule has 0 spiro atoms. The summed E-state index contributed by atoms with van der Waals surface area (Å²) >= 11 is 7.60. The van der Waals surface area contributed by atoms with E-state index in [1.54, 1.807) is 29.2 Å². The largest absolute Gasteiger partial charge is 0.487 e. The Morgan fingerprint density at radius 1 is 1.25 bits per heavy atom. The molecule has 0 unspecified atom stereocenters. The molecule has 2 N–H and O–H groups in total. The fraction of sp³-hybridized carbons (Fsp3) is 0.231. The van der Waals surface area contributed by atoms with Crippen LogP contribution in [0.5, 0.6) is 5.75 Å². The quantitative estimate of drug-likeness (QED) is 0.420. The van der Waals surface area contributed by atoms with Crippen molar-refractivity contribution in [3.05, 3.63) is 89.9 Å². The summed E-state index contributed by atoms with van der Waals surface area (Å²) in [5.41, 5.74) is 2.27. The average molecular weight is 522 g/mol. The van der Waals surface area contributed by atoms with Crippen molar-refractivity contribution >= 4 is 41.0 Å². The molecule has 36 heavy (non-hydrogen) atoms. The Labute approximate surface area is 215 Å². The van der Waals surface area contributed by atoms with Gasteiger partial charge in [-0.1, -0.05) is 53.3 Å². The lowest BCUT2D eigenvalue weighted by atomic mass is 10.1. The number of H-pyrrole nitrogens is 1. The van der Waals surface area contributed by atoms with Crippen LogP contribution in [-0.4, -0.2) is 38.7 Å². The summed E-state index contributed by atoms with van der Waals surface area (Å²) in [5.74, 6) is 0.443. The van der Waals surface area contributed by atoms with Gasteiger partial charge in [0.1, 0.15) is 17.0 Å². The van der Waals surface area contributed by atoms with E-state index in [1.807, 2.05) is 31.2 Å². The van der Waals surface area contributed by atoms with Crippen molar-refractivity contribution < 1.29 is 9.53 Å². The normalized spacial score (nSPS) is 14.7. The summed E-state index contributed by atoms with van der Waals surface area (Å²) in [6.45, 7) is 3.91. The second-order valence-corrected chi connectivity index (χ2v) is 10.0. The summed E-state index contributed by atoms with van der Waals surface area (Å²) in [6.07, 6.45) is 5.08. The van der Waals surface area contributed by atoms with Gasteiger partial charge in [-0.25, -0.2) is 4.68 Å². The number of benzene rings is 2. The molecular weight excluding hydrogens is 498 g/mol. The standard InChI is InChI=1S/C26H24ClN5O3S/c1-16-6-2-3-7-18(16)15-35-21-9-8-17(13-20(21)27)12-19-24(28)32-26(29-25(19)34)36-22(30-32)14-23(33)31-10-4-5-11-31/h2-3,6-9,12-14,28,30H,4-5,10-11,15H2,1H3/b19-12-,22-14+,28-24?. The zero-order valence-corrected chi connectivity index (χ0v) is 21.2. The van der Waals surface area contributed by atoms with Crippen LogP contribution in [0.4, 0.5) is 0 Å². The number of carbonyl (C=O) groups is 1. The first-order chi connectivity index (χ1) is 17.4. The first-order valence-electron chi connectivity index (χ1n) is 11.5. The van der Waals surface area contributed by atoms with Gasteiger partial charge in [0.15, 0.2) is 5.49 Å². The summed E-state index contributed by atoms with van der Waals surface area (Å²) in [5, 5.41) is 12.4. The summed E-state index contributed by atoms with van der Waals surface area (Å²) in [4.78, 5) is 31.1. The minimum atomic E-state index is -0.524. The number of aryl methyl sites for hydroxylation is 1. The lowest BCUT2D eigenvalue weighted by molar-refractivity contribution is -0.123. The van der Waals surface area contributed by atoms with E-state index in [0.29, 0.717) is 32.7 Å². The SMILES string of the molecule is Cc1ccccc1COc1ccc(/C=c2\c(=O)nc3s/c(=C/C(=O)N4CCCC4)[nH]n-3c2=N)cc1Cl. The second-order valence-electron chi connectivity index (χ2n) is 8.60. The number of nitrogens with zero attached hydrogens (tertiary/aromatic N) is 3. The molecule has 1 amide bonds. The lowest BCUT2D eigenvalue weighted by Gasteiger charge is -2.10. The highest BCUT2D eigenvalue weighted by molar-refractivity contribution is 7.11. The Balaban J connectivity index is 1.44. The number of fused-ring (bicyclic) bond motifs is 1. The number of carbonyl (C=O) groups excluding carboxylic acids is 1. The molecule has 5 rings (SSSR count). The molecule has 0 bridgehead atoms. The minimum Gasteiger partial charge on any atom is -0.487 e. The van der Waals surface area contributed by atoms with Crippen molar-refractivity contribution in [2.75, 3.05) is 13.1 Å². The van der Waals surface area contributed by atoms with Crippen LogP contribution < -0.4 is 25.7 Å². The lowest BCUT2D eigenvalue weighted by Crippen LogP contribution is -2.47. The van der Waals surface area contributed by atoms with E-state index >= 15 is 0 Å². The zero-order chi connectivity index (χ0) is 25.2. The van der Waals surface area contributed by atoms with Gasteiger partial charge in [-0.15, -0.1) is 0 Å². The van der Waals surface area contributed by atoms with Gasteiger partial charge < -0.3 is 9.64 Å². The number of hydrogen-bond acceptors (Lipinski definition) is 6. The van der Waals surface area contributed by atoms with Crippen LogP contribution in [0.25, 0.3) is 17.3 Å². The van der Waals surface area contributed by atoms with Crippen LogP contribution in [0.2, 0.25) is 5.02 Å². The van der Waals surface area contributed by atoms with Gasteiger partial charge in [0, 0.05) is 19.2 Å². The highest BCUT2D eigenvalue weighted by Gasteiger charge is 2.17. The molecule has 1 saturated heterocycles. The third kappa shape index (κ3) is 4.98. The van der Waals surface area contributed by atoms with Gasteiger partial charge >= 0.3 is 0 Å². The molecule has 0 aliphatic carbocycles. The van der Waals surface area contributed by atoms with Gasteiger partial charge in [0.25, 0.3) is 5.56 Å². The molecule has 3 aliphatic heterocycles. The average Bonchev–Trinajstić information content (AvgIpc) is 3.53. The monoisotopic (exact) mass is 521 g/mol. The van der Waals surface area contributed by atoms with Gasteiger partial charge in [-0.3, -0.25) is 20.1 Å². The molecule has 0 radical (unpaired) electrons. The zero-order valence-electron chi connectivity index (χ0n) is 19.6. The van der Waals surface area contributed by atoms with E-state index in [0.717, 1.165) is 48.4 Å². The molecule has 3 aliphatic rings. The van der Waals surface area contributed by atoms with Gasteiger partial charge in [-0.2, -0.15) is 4.98 Å². The molecule has 8 nitrogen and oxygen atoms in total. The Morgan fingerprint density at radius 2 is 2.03 bits per heavy atom. The van der Waals surface area contributed by atoms with E-state index in [4.69, 9.17) is 21.7 Å². The second kappa shape index (κ2) is 10.1. The third-order valence-corrected chi connectivity index (χ3v) is 7.29. The molecule has 0 atom stereocenters. The molecule has 1 fully saturated rings. The fourth-order valence-electron chi connectivity index (χ4n) is 4.07. The Kier molecular flexibility index (Phi) is 6.75. The van der Waals surface area contributed by atoms with Gasteiger partial charge in [0.2, 0.25) is 11.0 Å². The smallest absolute Gasteiger partial charge is 0.283 e. The molecule has 0 aromatic heterocycles. The van der Waals surface area contributed by atoms with E-state index in [-0.39, 0.29) is 16.6 Å². The van der Waals surface area contributed by atoms with Crippen LogP contribution >= 0.6 is 22.9 Å². The first kappa shape index (κ1) is 24.0. The minimum absolute atomic E-state index is 0.0504. The number of ether oxygens (including phenoxy) is 1. The number of amides is 1. The van der Waals surface area contributed by atoms with Crippen LogP contribution in [0.1, 0.15) is 29.5 Å². The molecule has 3 heterocycles. The number of aromatic amines is 1. The number of aromatic nitrogens is 3. The maximum atomic E-state index is 12.7. The van der Waals surface area contributed by atoms with Crippen LogP contribution in [0.15, 0.2) is 47.3 Å². The number of nitrogens with one attached hydrogen (secondary N) is 2. The number of halogens is 1. The summed E-state index contributed by atoms with van der Waals surface area (Å²) in [6, 6.07) is 13.2. The predicted octanol–water partition coefficient (Wildman–Crippen LogP) is 2.31. The number of hydrogen-bond donors (Lipinski definition) is 2. The predicted molar refractivity (Wildman–Crippen MR) is 139 cm³/mol. The Bertz CT molecular complexity index is 1650. The maximum absolute atomic E-state index is 12.7. The maximum Gasteiger partial charge on any atom is 0.283 e. The summed E-state index contributed by atoms with van der Waals surface area (Å²) in [7, 11) is 0. The fourth-order valence-corrected chi connectivity index (χ4v) is 5.16. The van der Waals surface area contributed by atoms with Crippen LogP contribution in [-0.2, 0) is 11.4 Å². The van der Waals surface area contributed by atoms with Crippen LogP contribution in [0, 0.1) is 12.3 Å². The van der Waals surface area contributed by atoms with Crippen molar-refractivity contribution in [1.82, 2.24) is 19.7 Å². The highest BCUT2D eigenvalue weighted by atomic mass is 35.5. The van der Waals surface area contributed by atoms with Crippen LogP contribution in [0.3, 0.4) is 0 Å². The Morgan fingerprint density at radius 3 is 2.78 bits per heavy atom. The number of likely N-dealkylation sites (tertiary alicyclic amines) is 1.